The highest BCUT2D eigenvalue weighted by atomic mass is 19.1. The summed E-state index contributed by atoms with van der Waals surface area (Å²) in [6.07, 6.45) is 3.76. The van der Waals surface area contributed by atoms with E-state index in [1.54, 1.807) is 18.2 Å². The Balaban J connectivity index is 1.38. The Morgan fingerprint density at radius 2 is 2.17 bits per heavy atom. The van der Waals surface area contributed by atoms with Crippen molar-refractivity contribution in [3.8, 4) is 0 Å². The molecule has 0 saturated carbocycles. The van der Waals surface area contributed by atoms with Crippen molar-refractivity contribution in [3.05, 3.63) is 53.2 Å². The smallest absolute Gasteiger partial charge is 0.256 e. The van der Waals surface area contributed by atoms with E-state index in [4.69, 9.17) is 0 Å². The van der Waals surface area contributed by atoms with E-state index >= 15 is 0 Å². The molecule has 0 unspecified atom stereocenters. The molecule has 5 rings (SSSR count). The normalized spacial score (nSPS) is 17.2. The van der Waals surface area contributed by atoms with Crippen LogP contribution in [-0.4, -0.2) is 43.6 Å². The standard InChI is InChI=1S/C22H23FN6O/c1-12-4-3-7-29(12)11-19-21(23)16-10-24-20(9-18(16)25-19)26-22(30)14-5-6-17-15(8-14)13(2)27-28-17/h5-6,8-10,12,25H,3-4,7,11H2,1-2H3,(H,27,28)(H,24,26,30)/t12-/m0/s1. The lowest BCUT2D eigenvalue weighted by atomic mass is 10.1. The maximum absolute atomic E-state index is 14.8. The zero-order chi connectivity index (χ0) is 20.8. The molecule has 1 aliphatic rings. The highest BCUT2D eigenvalue weighted by Crippen LogP contribution is 2.26. The van der Waals surface area contributed by atoms with E-state index in [1.807, 2.05) is 13.0 Å². The minimum Gasteiger partial charge on any atom is -0.355 e. The van der Waals surface area contributed by atoms with Gasteiger partial charge in [-0.1, -0.05) is 0 Å². The number of carbonyl (C=O) groups is 1. The van der Waals surface area contributed by atoms with Crippen molar-refractivity contribution in [3.63, 3.8) is 0 Å². The van der Waals surface area contributed by atoms with E-state index in [9.17, 15) is 9.18 Å². The molecule has 1 atom stereocenters. The Kier molecular flexibility index (Phi) is 4.51. The Bertz CT molecular complexity index is 1260. The predicted octanol–water partition coefficient (Wildman–Crippen LogP) is 4.12. The van der Waals surface area contributed by atoms with E-state index in [-0.39, 0.29) is 11.7 Å². The molecule has 1 fully saturated rings. The molecular weight excluding hydrogens is 383 g/mol. The number of halogens is 1. The van der Waals surface area contributed by atoms with Gasteiger partial charge >= 0.3 is 0 Å². The molecular formula is C22H23FN6O. The van der Waals surface area contributed by atoms with E-state index in [0.717, 1.165) is 36.0 Å². The summed E-state index contributed by atoms with van der Waals surface area (Å²) in [6.45, 7) is 5.59. The van der Waals surface area contributed by atoms with Gasteiger partial charge in [-0.05, 0) is 51.4 Å². The average Bonchev–Trinajstić information content (AvgIpc) is 3.40. The minimum atomic E-state index is -0.275. The molecule has 0 bridgehead atoms. The molecule has 3 N–H and O–H groups in total. The lowest BCUT2D eigenvalue weighted by Crippen LogP contribution is -2.26. The van der Waals surface area contributed by atoms with Crippen molar-refractivity contribution in [2.75, 3.05) is 11.9 Å². The Morgan fingerprint density at radius 1 is 1.30 bits per heavy atom. The van der Waals surface area contributed by atoms with Gasteiger partial charge in [0.05, 0.1) is 27.8 Å². The largest absolute Gasteiger partial charge is 0.355 e. The summed E-state index contributed by atoms with van der Waals surface area (Å²) < 4.78 is 14.8. The van der Waals surface area contributed by atoms with Crippen molar-refractivity contribution in [1.29, 1.82) is 0 Å². The summed E-state index contributed by atoms with van der Waals surface area (Å²) in [5.74, 6) is -0.170. The molecule has 0 aliphatic carbocycles. The van der Waals surface area contributed by atoms with Gasteiger partial charge in [0.2, 0.25) is 0 Å². The van der Waals surface area contributed by atoms with E-state index in [2.05, 4.69) is 37.3 Å². The second kappa shape index (κ2) is 7.21. The number of rotatable bonds is 4. The number of nitrogens with one attached hydrogen (secondary N) is 3. The maximum atomic E-state index is 14.8. The number of aromatic amines is 2. The first kappa shape index (κ1) is 18.7. The Hall–Kier alpha value is -3.26. The Morgan fingerprint density at radius 3 is 2.97 bits per heavy atom. The quantitative estimate of drug-likeness (QED) is 0.476. The van der Waals surface area contributed by atoms with Crippen molar-refractivity contribution in [2.24, 2.45) is 0 Å². The monoisotopic (exact) mass is 406 g/mol. The number of likely N-dealkylation sites (tertiary alicyclic amines) is 1. The number of H-pyrrole nitrogens is 2. The van der Waals surface area contributed by atoms with Crippen LogP contribution in [0.5, 0.6) is 0 Å². The minimum absolute atomic E-state index is 0.268. The number of amides is 1. The van der Waals surface area contributed by atoms with Crippen molar-refractivity contribution < 1.29 is 9.18 Å². The number of hydrogen-bond donors (Lipinski definition) is 3. The number of fused-ring (bicyclic) bond motifs is 2. The summed E-state index contributed by atoms with van der Waals surface area (Å²) in [6, 6.07) is 7.49. The fourth-order valence-corrected chi connectivity index (χ4v) is 4.20. The molecule has 0 radical (unpaired) electrons. The molecule has 3 aromatic heterocycles. The molecule has 1 aromatic carbocycles. The Labute approximate surface area is 172 Å². The van der Waals surface area contributed by atoms with Crippen LogP contribution < -0.4 is 5.32 Å². The predicted molar refractivity (Wildman–Crippen MR) is 114 cm³/mol. The van der Waals surface area contributed by atoms with Crippen LogP contribution in [0.1, 0.15) is 41.5 Å². The van der Waals surface area contributed by atoms with Crippen LogP contribution >= 0.6 is 0 Å². The summed E-state index contributed by atoms with van der Waals surface area (Å²) in [5.41, 5.74) is 3.41. The lowest BCUT2D eigenvalue weighted by molar-refractivity contribution is 0.102. The fraction of sp³-hybridized carbons (Fsp3) is 0.318. The molecule has 1 amide bonds. The number of anilines is 1. The van der Waals surface area contributed by atoms with Crippen LogP contribution in [0.25, 0.3) is 21.8 Å². The molecule has 154 valence electrons. The van der Waals surface area contributed by atoms with E-state index in [0.29, 0.717) is 40.6 Å². The third kappa shape index (κ3) is 3.23. The zero-order valence-corrected chi connectivity index (χ0v) is 16.9. The van der Waals surface area contributed by atoms with Crippen LogP contribution in [0.3, 0.4) is 0 Å². The highest BCUT2D eigenvalue weighted by molar-refractivity contribution is 6.06. The van der Waals surface area contributed by atoms with Gasteiger partial charge in [0.15, 0.2) is 5.82 Å². The first-order valence-electron chi connectivity index (χ1n) is 10.2. The van der Waals surface area contributed by atoms with Crippen molar-refractivity contribution in [1.82, 2.24) is 25.1 Å². The molecule has 1 saturated heterocycles. The number of aromatic nitrogens is 4. The molecule has 4 heterocycles. The van der Waals surface area contributed by atoms with Crippen LogP contribution in [-0.2, 0) is 6.54 Å². The SMILES string of the molecule is Cc1n[nH]c2ccc(C(=O)Nc3cc4[nH]c(CN5CCC[C@@H]5C)c(F)c4cn3)cc12. The van der Waals surface area contributed by atoms with Crippen molar-refractivity contribution >= 4 is 33.5 Å². The molecule has 4 aromatic rings. The van der Waals surface area contributed by atoms with Crippen LogP contribution in [0, 0.1) is 12.7 Å². The summed E-state index contributed by atoms with van der Waals surface area (Å²) in [4.78, 5) is 22.4. The second-order valence-electron chi connectivity index (χ2n) is 8.02. The van der Waals surface area contributed by atoms with Gasteiger partial charge in [0, 0.05) is 35.8 Å². The molecule has 0 spiro atoms. The van der Waals surface area contributed by atoms with Crippen LogP contribution in [0.4, 0.5) is 10.2 Å². The lowest BCUT2D eigenvalue weighted by Gasteiger charge is -2.19. The number of nitrogens with zero attached hydrogens (tertiary/aromatic N) is 3. The van der Waals surface area contributed by atoms with Gasteiger partial charge < -0.3 is 10.3 Å². The van der Waals surface area contributed by atoms with Crippen LogP contribution in [0.2, 0.25) is 0 Å². The highest BCUT2D eigenvalue weighted by Gasteiger charge is 2.23. The molecule has 7 nitrogen and oxygen atoms in total. The van der Waals surface area contributed by atoms with Gasteiger partial charge in [0.25, 0.3) is 5.91 Å². The first-order valence-corrected chi connectivity index (χ1v) is 10.2. The summed E-state index contributed by atoms with van der Waals surface area (Å²) in [5, 5.41) is 11.2. The zero-order valence-electron chi connectivity index (χ0n) is 16.9. The van der Waals surface area contributed by atoms with Gasteiger partial charge in [-0.2, -0.15) is 5.10 Å². The van der Waals surface area contributed by atoms with Gasteiger partial charge in [0.1, 0.15) is 5.82 Å². The summed E-state index contributed by atoms with van der Waals surface area (Å²) in [7, 11) is 0. The number of pyridine rings is 1. The molecule has 1 aliphatic heterocycles. The topological polar surface area (TPSA) is 89.7 Å². The fourth-order valence-electron chi connectivity index (χ4n) is 4.20. The van der Waals surface area contributed by atoms with Gasteiger partial charge in [-0.3, -0.25) is 14.8 Å². The number of carbonyl (C=O) groups excluding carboxylic acids is 1. The van der Waals surface area contributed by atoms with E-state index < -0.39 is 0 Å². The number of aryl methyl sites for hydroxylation is 1. The summed E-state index contributed by atoms with van der Waals surface area (Å²) >= 11 is 0. The van der Waals surface area contributed by atoms with Gasteiger partial charge in [-0.25, -0.2) is 9.37 Å². The maximum Gasteiger partial charge on any atom is 0.256 e. The second-order valence-corrected chi connectivity index (χ2v) is 8.02. The molecule has 30 heavy (non-hydrogen) atoms. The van der Waals surface area contributed by atoms with E-state index in [1.165, 1.54) is 6.20 Å². The third-order valence-electron chi connectivity index (χ3n) is 6.00. The molecule has 8 heteroatoms. The number of hydrogen-bond acceptors (Lipinski definition) is 4. The first-order chi connectivity index (χ1) is 14.5. The average molecular weight is 406 g/mol. The van der Waals surface area contributed by atoms with Gasteiger partial charge in [-0.15, -0.1) is 0 Å². The van der Waals surface area contributed by atoms with Crippen LogP contribution in [0.15, 0.2) is 30.5 Å². The van der Waals surface area contributed by atoms with Crippen molar-refractivity contribution in [2.45, 2.75) is 39.3 Å². The third-order valence-corrected chi connectivity index (χ3v) is 6.00. The number of benzene rings is 1.